The predicted molar refractivity (Wildman–Crippen MR) is 134 cm³/mol. The van der Waals surface area contributed by atoms with Gasteiger partial charge in [0, 0.05) is 28.9 Å². The molecule has 0 radical (unpaired) electrons. The largest absolute Gasteiger partial charge is 0.404 e. The molecular formula is C29H33N3. The van der Waals surface area contributed by atoms with E-state index in [-0.39, 0.29) is 17.4 Å². The summed E-state index contributed by atoms with van der Waals surface area (Å²) in [4.78, 5) is 2.58. The number of fused-ring (bicyclic) bond motifs is 1. The van der Waals surface area contributed by atoms with Gasteiger partial charge in [-0.25, -0.2) is 0 Å². The molecule has 164 valence electrons. The van der Waals surface area contributed by atoms with Crippen molar-refractivity contribution in [3.63, 3.8) is 0 Å². The molecule has 2 aliphatic carbocycles. The number of allylic oxidation sites excluding steroid dienone is 7. The number of anilines is 1. The van der Waals surface area contributed by atoms with Crippen LogP contribution >= 0.6 is 0 Å². The lowest BCUT2D eigenvalue weighted by Crippen LogP contribution is -2.47. The average molecular weight is 424 g/mol. The summed E-state index contributed by atoms with van der Waals surface area (Å²) in [5.41, 5.74) is 12.9. The minimum Gasteiger partial charge on any atom is -0.404 e. The van der Waals surface area contributed by atoms with Crippen molar-refractivity contribution in [3.8, 4) is 6.07 Å². The molecule has 2 N–H and O–H groups in total. The van der Waals surface area contributed by atoms with E-state index in [0.717, 1.165) is 12.0 Å². The minimum absolute atomic E-state index is 0.0132. The van der Waals surface area contributed by atoms with Crippen LogP contribution in [0.15, 0.2) is 95.9 Å². The number of hydrogen-bond acceptors (Lipinski definition) is 3. The van der Waals surface area contributed by atoms with Gasteiger partial charge in [-0.1, -0.05) is 75.9 Å². The highest BCUT2D eigenvalue weighted by molar-refractivity contribution is 5.70. The van der Waals surface area contributed by atoms with Crippen LogP contribution in [0.3, 0.4) is 0 Å². The maximum atomic E-state index is 9.43. The number of hydrogen-bond donors (Lipinski definition) is 1. The van der Waals surface area contributed by atoms with Crippen LogP contribution in [0.2, 0.25) is 0 Å². The highest BCUT2D eigenvalue weighted by Crippen LogP contribution is 2.53. The van der Waals surface area contributed by atoms with Gasteiger partial charge in [-0.2, -0.15) is 5.26 Å². The molecule has 2 unspecified atom stereocenters. The van der Waals surface area contributed by atoms with E-state index in [1.54, 1.807) is 5.57 Å². The van der Waals surface area contributed by atoms with Crippen LogP contribution in [0, 0.1) is 23.2 Å². The quantitative estimate of drug-likeness (QED) is 0.447. The third-order valence-corrected chi connectivity index (χ3v) is 7.31. The van der Waals surface area contributed by atoms with Gasteiger partial charge in [0.15, 0.2) is 0 Å². The third-order valence-electron chi connectivity index (χ3n) is 7.31. The summed E-state index contributed by atoms with van der Waals surface area (Å²) in [6.07, 6.45) is 17.4. The Kier molecular flexibility index (Phi) is 5.98. The van der Waals surface area contributed by atoms with Crippen LogP contribution < -0.4 is 10.6 Å². The van der Waals surface area contributed by atoms with Gasteiger partial charge in [-0.3, -0.25) is 0 Å². The van der Waals surface area contributed by atoms with Gasteiger partial charge in [0.2, 0.25) is 0 Å². The van der Waals surface area contributed by atoms with Crippen LogP contribution in [-0.4, -0.2) is 6.04 Å². The zero-order valence-corrected chi connectivity index (χ0v) is 19.4. The van der Waals surface area contributed by atoms with Gasteiger partial charge in [-0.15, -0.1) is 0 Å². The van der Waals surface area contributed by atoms with Crippen molar-refractivity contribution in [2.24, 2.45) is 17.6 Å². The monoisotopic (exact) mass is 423 g/mol. The van der Waals surface area contributed by atoms with E-state index < -0.39 is 0 Å². The van der Waals surface area contributed by atoms with Crippen LogP contribution in [-0.2, 0) is 5.41 Å². The first kappa shape index (κ1) is 22.0. The van der Waals surface area contributed by atoms with E-state index in [1.807, 2.05) is 12.2 Å². The number of nitrogens with zero attached hydrogens (tertiary/aromatic N) is 2. The number of nitriles is 1. The molecule has 0 aromatic heterocycles. The first-order chi connectivity index (χ1) is 15.4. The Morgan fingerprint density at radius 3 is 2.72 bits per heavy atom. The fourth-order valence-corrected chi connectivity index (χ4v) is 5.95. The van der Waals surface area contributed by atoms with Crippen molar-refractivity contribution in [1.29, 1.82) is 5.26 Å². The third kappa shape index (κ3) is 3.54. The molecule has 3 aliphatic rings. The van der Waals surface area contributed by atoms with E-state index in [4.69, 9.17) is 5.73 Å². The summed E-state index contributed by atoms with van der Waals surface area (Å²) in [6.45, 7) is 11.2. The van der Waals surface area contributed by atoms with Gasteiger partial charge in [-0.05, 0) is 54.0 Å². The van der Waals surface area contributed by atoms with Crippen molar-refractivity contribution < 1.29 is 0 Å². The number of benzene rings is 1. The second kappa shape index (κ2) is 8.71. The zero-order chi connectivity index (χ0) is 22.9. The van der Waals surface area contributed by atoms with Gasteiger partial charge >= 0.3 is 0 Å². The van der Waals surface area contributed by atoms with Crippen molar-refractivity contribution in [1.82, 2.24) is 0 Å². The van der Waals surface area contributed by atoms with E-state index in [0.29, 0.717) is 11.5 Å². The summed E-state index contributed by atoms with van der Waals surface area (Å²) in [5.74, 6) is 0.631. The van der Waals surface area contributed by atoms with Crippen LogP contribution in [0.4, 0.5) is 5.69 Å². The van der Waals surface area contributed by atoms with Crippen LogP contribution in [0.5, 0.6) is 0 Å². The Balaban J connectivity index is 1.91. The second-order valence-corrected chi connectivity index (χ2v) is 9.53. The molecule has 0 spiro atoms. The fourth-order valence-electron chi connectivity index (χ4n) is 5.95. The minimum atomic E-state index is 0.0132. The zero-order valence-electron chi connectivity index (χ0n) is 19.4. The maximum Gasteiger partial charge on any atom is 0.101 e. The normalized spacial score (nSPS) is 26.9. The van der Waals surface area contributed by atoms with E-state index >= 15 is 0 Å². The summed E-state index contributed by atoms with van der Waals surface area (Å²) in [5, 5.41) is 9.43. The summed E-state index contributed by atoms with van der Waals surface area (Å²) >= 11 is 0. The van der Waals surface area contributed by atoms with E-state index in [9.17, 15) is 5.26 Å². The van der Waals surface area contributed by atoms with Crippen molar-refractivity contribution in [2.45, 2.75) is 51.5 Å². The van der Waals surface area contributed by atoms with Gasteiger partial charge in [0.25, 0.3) is 0 Å². The van der Waals surface area contributed by atoms with E-state index in [1.165, 1.54) is 36.0 Å². The van der Waals surface area contributed by atoms with Gasteiger partial charge in [0.1, 0.15) is 6.07 Å². The first-order valence-electron chi connectivity index (χ1n) is 11.6. The highest BCUT2D eigenvalue weighted by atomic mass is 15.2. The molecule has 3 nitrogen and oxygen atoms in total. The lowest BCUT2D eigenvalue weighted by Gasteiger charge is -2.51. The molecule has 1 aliphatic heterocycles. The van der Waals surface area contributed by atoms with Crippen molar-refractivity contribution >= 4 is 5.69 Å². The Labute approximate surface area is 192 Å². The smallest absolute Gasteiger partial charge is 0.101 e. The molecule has 1 aromatic rings. The van der Waals surface area contributed by atoms with Crippen LogP contribution in [0.1, 0.15) is 45.6 Å². The topological polar surface area (TPSA) is 53.1 Å². The molecule has 4 rings (SSSR count). The highest BCUT2D eigenvalue weighted by Gasteiger charge is 2.44. The molecular weight excluding hydrogens is 390 g/mol. The fraction of sp³-hybridized carbons (Fsp3) is 0.345. The first-order valence-corrected chi connectivity index (χ1v) is 11.6. The molecule has 3 heteroatoms. The Bertz CT molecular complexity index is 1100. The van der Waals surface area contributed by atoms with Crippen molar-refractivity contribution in [2.75, 3.05) is 4.90 Å². The standard InChI is InChI=1S/C29H33N3/c1-5-22(17-21(18-30)19-31)23-12-6-8-14-25(23)32-26-15-9-7-13-24(26)29(3,4)28-20(2)11-10-16-27(28)32/h5-9,12-15,17-18,20,23,25H,1,10-11,16,30H2,2-4H3/b21-18+,22-17+/t20?,23?,25-/m0/s1. The molecule has 0 amide bonds. The lowest BCUT2D eigenvalue weighted by molar-refractivity contribution is 0.419. The Morgan fingerprint density at radius 2 is 2.00 bits per heavy atom. The molecule has 0 fully saturated rings. The lowest BCUT2D eigenvalue weighted by atomic mass is 9.65. The van der Waals surface area contributed by atoms with Gasteiger partial charge < -0.3 is 10.6 Å². The Hall–Kier alpha value is -3.25. The predicted octanol–water partition coefficient (Wildman–Crippen LogP) is 6.45. The molecule has 0 saturated carbocycles. The molecule has 0 saturated heterocycles. The number of para-hydroxylation sites is 1. The van der Waals surface area contributed by atoms with Crippen molar-refractivity contribution in [3.05, 3.63) is 101 Å². The molecule has 0 bridgehead atoms. The average Bonchev–Trinajstić information content (AvgIpc) is 2.80. The molecule has 1 aromatic carbocycles. The van der Waals surface area contributed by atoms with E-state index in [2.05, 4.69) is 86.9 Å². The SMILES string of the molecule is C=C/C(=C\C(C#N)=C/N)C1C=CC=C[C@@H]1N1C2=C(C(C)CCC2)C(C)(C)c2ccccc21. The number of nitrogens with two attached hydrogens (primary N) is 1. The molecule has 1 heterocycles. The maximum absolute atomic E-state index is 9.43. The molecule has 3 atom stereocenters. The van der Waals surface area contributed by atoms with Crippen LogP contribution in [0.25, 0.3) is 0 Å². The summed E-state index contributed by atoms with van der Waals surface area (Å²) in [6, 6.07) is 11.1. The Morgan fingerprint density at radius 1 is 1.25 bits per heavy atom. The van der Waals surface area contributed by atoms with Gasteiger partial charge in [0.05, 0.1) is 11.6 Å². The molecule has 32 heavy (non-hydrogen) atoms. The summed E-state index contributed by atoms with van der Waals surface area (Å²) < 4.78 is 0. The second-order valence-electron chi connectivity index (χ2n) is 9.53. The summed E-state index contributed by atoms with van der Waals surface area (Å²) in [7, 11) is 0. The number of rotatable bonds is 4.